The Hall–Kier alpha value is -0.0800. The van der Waals surface area contributed by atoms with Gasteiger partial charge >= 0.3 is 0 Å². The molecule has 2 heteroatoms. The minimum atomic E-state index is 0.748. The molecule has 0 spiro atoms. The molecule has 1 rings (SSSR count). The summed E-state index contributed by atoms with van der Waals surface area (Å²) in [5.74, 6) is 1.65. The third-order valence-corrected chi connectivity index (χ3v) is 3.94. The Balaban J connectivity index is 2.31. The van der Waals surface area contributed by atoms with Gasteiger partial charge in [-0.3, -0.25) is 0 Å². The Morgan fingerprint density at radius 2 is 1.61 bits per heavy atom. The standard InChI is InChI=1S/C16H34N2/c1-14(2)8-11-18(12-9-15(3)4)13-16-7-5-6-10-17-16/h14-17H,5-13H2,1-4H3. The van der Waals surface area contributed by atoms with Gasteiger partial charge < -0.3 is 10.2 Å². The van der Waals surface area contributed by atoms with Crippen molar-refractivity contribution in [3.8, 4) is 0 Å². The fourth-order valence-electron chi connectivity index (χ4n) is 2.57. The molecule has 0 amide bonds. The highest BCUT2D eigenvalue weighted by Gasteiger charge is 2.16. The number of hydrogen-bond acceptors (Lipinski definition) is 2. The molecule has 18 heavy (non-hydrogen) atoms. The molecule has 1 aliphatic rings. The average Bonchev–Trinajstić information content (AvgIpc) is 2.33. The van der Waals surface area contributed by atoms with E-state index >= 15 is 0 Å². The second-order valence-electron chi connectivity index (χ2n) is 6.81. The normalized spacial score (nSPS) is 21.2. The fourth-order valence-corrected chi connectivity index (χ4v) is 2.57. The summed E-state index contributed by atoms with van der Waals surface area (Å²) in [4.78, 5) is 2.70. The number of piperidine rings is 1. The van der Waals surface area contributed by atoms with Crippen LogP contribution in [0.4, 0.5) is 0 Å². The number of hydrogen-bond donors (Lipinski definition) is 1. The van der Waals surface area contributed by atoms with Crippen LogP contribution >= 0.6 is 0 Å². The van der Waals surface area contributed by atoms with E-state index in [-0.39, 0.29) is 0 Å². The smallest absolute Gasteiger partial charge is 0.0195 e. The Labute approximate surface area is 115 Å². The second kappa shape index (κ2) is 8.92. The van der Waals surface area contributed by atoms with E-state index in [0.717, 1.165) is 17.9 Å². The molecule has 0 aliphatic carbocycles. The van der Waals surface area contributed by atoms with E-state index in [1.165, 1.54) is 58.3 Å². The second-order valence-corrected chi connectivity index (χ2v) is 6.81. The van der Waals surface area contributed by atoms with Gasteiger partial charge in [-0.15, -0.1) is 0 Å². The van der Waals surface area contributed by atoms with Crippen LogP contribution in [0, 0.1) is 11.8 Å². The van der Waals surface area contributed by atoms with Crippen LogP contribution < -0.4 is 5.32 Å². The first kappa shape index (κ1) is 16.0. The highest BCUT2D eigenvalue weighted by atomic mass is 15.1. The number of nitrogens with one attached hydrogen (secondary N) is 1. The van der Waals surface area contributed by atoms with Crippen LogP contribution in [0.3, 0.4) is 0 Å². The van der Waals surface area contributed by atoms with E-state index in [1.54, 1.807) is 0 Å². The van der Waals surface area contributed by atoms with Gasteiger partial charge in [0.15, 0.2) is 0 Å². The lowest BCUT2D eigenvalue weighted by Crippen LogP contribution is -2.44. The van der Waals surface area contributed by atoms with Crippen molar-refractivity contribution in [3.63, 3.8) is 0 Å². The summed E-state index contributed by atoms with van der Waals surface area (Å²) >= 11 is 0. The third kappa shape index (κ3) is 7.38. The van der Waals surface area contributed by atoms with E-state index in [2.05, 4.69) is 37.9 Å². The lowest BCUT2D eigenvalue weighted by atomic mass is 10.0. The van der Waals surface area contributed by atoms with Gasteiger partial charge in [0.25, 0.3) is 0 Å². The quantitative estimate of drug-likeness (QED) is 0.713. The average molecular weight is 254 g/mol. The lowest BCUT2D eigenvalue weighted by Gasteiger charge is -2.31. The van der Waals surface area contributed by atoms with Gasteiger partial charge in [-0.05, 0) is 57.2 Å². The van der Waals surface area contributed by atoms with E-state index < -0.39 is 0 Å². The molecule has 1 heterocycles. The summed E-state index contributed by atoms with van der Waals surface area (Å²) in [6.45, 7) is 14.4. The van der Waals surface area contributed by atoms with Gasteiger partial charge in [-0.2, -0.15) is 0 Å². The monoisotopic (exact) mass is 254 g/mol. The molecular formula is C16H34N2. The van der Waals surface area contributed by atoms with Crippen molar-refractivity contribution >= 4 is 0 Å². The summed E-state index contributed by atoms with van der Waals surface area (Å²) in [7, 11) is 0. The van der Waals surface area contributed by atoms with Crippen LogP contribution in [-0.2, 0) is 0 Å². The molecule has 2 nitrogen and oxygen atoms in total. The largest absolute Gasteiger partial charge is 0.313 e. The van der Waals surface area contributed by atoms with E-state index in [0.29, 0.717) is 0 Å². The maximum atomic E-state index is 3.68. The molecule has 108 valence electrons. The molecule has 1 N–H and O–H groups in total. The highest BCUT2D eigenvalue weighted by Crippen LogP contribution is 2.12. The molecule has 0 radical (unpaired) electrons. The first-order valence-electron chi connectivity index (χ1n) is 8.03. The van der Waals surface area contributed by atoms with E-state index in [1.807, 2.05) is 0 Å². The van der Waals surface area contributed by atoms with E-state index in [4.69, 9.17) is 0 Å². The Bertz CT molecular complexity index is 183. The molecule has 1 unspecified atom stereocenters. The van der Waals surface area contributed by atoms with Crippen molar-refractivity contribution in [2.24, 2.45) is 11.8 Å². The van der Waals surface area contributed by atoms with Crippen molar-refractivity contribution in [2.75, 3.05) is 26.2 Å². The van der Waals surface area contributed by atoms with Gasteiger partial charge in [0.1, 0.15) is 0 Å². The van der Waals surface area contributed by atoms with Crippen LogP contribution in [0.1, 0.15) is 59.8 Å². The molecule has 0 aromatic heterocycles. The first-order valence-corrected chi connectivity index (χ1v) is 8.03. The van der Waals surface area contributed by atoms with Crippen molar-refractivity contribution in [1.82, 2.24) is 10.2 Å². The maximum Gasteiger partial charge on any atom is 0.0195 e. The summed E-state index contributed by atoms with van der Waals surface area (Å²) < 4.78 is 0. The lowest BCUT2D eigenvalue weighted by molar-refractivity contribution is 0.205. The molecule has 1 saturated heterocycles. The van der Waals surface area contributed by atoms with Gasteiger partial charge in [-0.25, -0.2) is 0 Å². The third-order valence-electron chi connectivity index (χ3n) is 3.94. The summed E-state index contributed by atoms with van der Waals surface area (Å²) in [6.07, 6.45) is 6.84. The predicted molar refractivity (Wildman–Crippen MR) is 81.0 cm³/mol. The van der Waals surface area contributed by atoms with Crippen molar-refractivity contribution in [1.29, 1.82) is 0 Å². The van der Waals surface area contributed by atoms with E-state index in [9.17, 15) is 0 Å². The van der Waals surface area contributed by atoms with Gasteiger partial charge in [0, 0.05) is 12.6 Å². The molecule has 0 aromatic carbocycles. The van der Waals surface area contributed by atoms with Crippen LogP contribution in [-0.4, -0.2) is 37.1 Å². The Morgan fingerprint density at radius 3 is 2.06 bits per heavy atom. The minimum absolute atomic E-state index is 0.748. The van der Waals surface area contributed by atoms with Crippen LogP contribution in [0.25, 0.3) is 0 Å². The zero-order chi connectivity index (χ0) is 13.4. The van der Waals surface area contributed by atoms with Crippen LogP contribution in [0.2, 0.25) is 0 Å². The Kier molecular flexibility index (Phi) is 7.92. The molecule has 1 aliphatic heterocycles. The summed E-state index contributed by atoms with van der Waals surface area (Å²) in [5.41, 5.74) is 0. The highest BCUT2D eigenvalue weighted by molar-refractivity contribution is 4.76. The molecule has 1 atom stereocenters. The topological polar surface area (TPSA) is 15.3 Å². The molecular weight excluding hydrogens is 220 g/mol. The zero-order valence-corrected chi connectivity index (χ0v) is 13.0. The SMILES string of the molecule is CC(C)CCN(CCC(C)C)CC1CCCCN1. The van der Waals surface area contributed by atoms with Gasteiger partial charge in [-0.1, -0.05) is 34.1 Å². The number of nitrogens with zero attached hydrogens (tertiary/aromatic N) is 1. The molecule has 0 saturated carbocycles. The predicted octanol–water partition coefficient (Wildman–Crippen LogP) is 3.52. The summed E-state index contributed by atoms with van der Waals surface area (Å²) in [5, 5.41) is 3.68. The Morgan fingerprint density at radius 1 is 1.00 bits per heavy atom. The van der Waals surface area contributed by atoms with Crippen molar-refractivity contribution < 1.29 is 0 Å². The van der Waals surface area contributed by atoms with Gasteiger partial charge in [0.05, 0.1) is 0 Å². The van der Waals surface area contributed by atoms with Crippen molar-refractivity contribution in [3.05, 3.63) is 0 Å². The minimum Gasteiger partial charge on any atom is -0.313 e. The molecule has 0 bridgehead atoms. The zero-order valence-electron chi connectivity index (χ0n) is 13.0. The molecule has 0 aromatic rings. The fraction of sp³-hybridized carbons (Fsp3) is 1.00. The van der Waals surface area contributed by atoms with Crippen LogP contribution in [0.15, 0.2) is 0 Å². The first-order chi connectivity index (χ1) is 8.58. The van der Waals surface area contributed by atoms with Crippen molar-refractivity contribution in [2.45, 2.75) is 65.8 Å². The van der Waals surface area contributed by atoms with Crippen LogP contribution in [0.5, 0.6) is 0 Å². The molecule has 1 fully saturated rings. The maximum absolute atomic E-state index is 3.68. The summed E-state index contributed by atoms with van der Waals surface area (Å²) in [6, 6.07) is 0.748. The van der Waals surface area contributed by atoms with Gasteiger partial charge in [0.2, 0.25) is 0 Å². The number of rotatable bonds is 8.